The molecule has 1 heterocycles. The van der Waals surface area contributed by atoms with Crippen LogP contribution in [0.4, 0.5) is 0 Å². The largest absolute Gasteiger partial charge is 0.309 e. The van der Waals surface area contributed by atoms with Crippen LogP contribution in [-0.4, -0.2) is 0 Å². The Hall–Kier alpha value is -4.19. The number of aryl methyl sites for hydroxylation is 3. The van der Waals surface area contributed by atoms with Crippen molar-refractivity contribution in [2.45, 2.75) is 20.8 Å². The second-order valence-electron chi connectivity index (χ2n) is 10.3. The quantitative estimate of drug-likeness (QED) is 0.210. The zero-order chi connectivity index (χ0) is 27.0. The molecule has 6 rings (SSSR count). The first kappa shape index (κ1) is 25.1. The van der Waals surface area contributed by atoms with Gasteiger partial charge < -0.3 is 4.57 Å². The highest BCUT2D eigenvalue weighted by atomic mass is 31.2. The minimum atomic E-state index is -3.37. The van der Waals surface area contributed by atoms with Crippen molar-refractivity contribution >= 4 is 34.2 Å². The van der Waals surface area contributed by atoms with Gasteiger partial charge >= 0.3 is 0 Å². The fourth-order valence-electron chi connectivity index (χ4n) is 6.17. The van der Waals surface area contributed by atoms with Gasteiger partial charge in [0.25, 0.3) is 0 Å². The molecule has 0 spiro atoms. The highest BCUT2D eigenvalue weighted by molar-refractivity contribution is 7.91. The lowest BCUT2D eigenvalue weighted by atomic mass is 9.89. The Bertz CT molecular complexity index is 1640. The van der Waals surface area contributed by atoms with Crippen LogP contribution in [0.3, 0.4) is 0 Å². The topological polar surface area (TPSA) is 17.1 Å². The molecule has 0 fully saturated rings. The average molecular weight is 523 g/mol. The van der Waals surface area contributed by atoms with Crippen LogP contribution in [-0.2, 0) is 4.57 Å². The Morgan fingerprint density at radius 3 is 1.08 bits per heavy atom. The van der Waals surface area contributed by atoms with Gasteiger partial charge in [-0.05, 0) is 54.2 Å². The Morgan fingerprint density at radius 2 is 0.744 bits per heavy atom. The van der Waals surface area contributed by atoms with Crippen molar-refractivity contribution in [2.75, 3.05) is 0 Å². The van der Waals surface area contributed by atoms with Crippen molar-refractivity contribution in [3.63, 3.8) is 0 Å². The van der Waals surface area contributed by atoms with Crippen molar-refractivity contribution < 1.29 is 4.57 Å². The molecule has 0 amide bonds. The molecule has 0 N–H and O–H groups in total. The van der Waals surface area contributed by atoms with Crippen molar-refractivity contribution in [1.82, 2.24) is 0 Å². The van der Waals surface area contributed by atoms with E-state index in [-0.39, 0.29) is 0 Å². The van der Waals surface area contributed by atoms with Crippen LogP contribution < -0.4 is 5.30 Å². The number of rotatable bonds is 5. The van der Waals surface area contributed by atoms with E-state index in [9.17, 15) is 0 Å². The monoisotopic (exact) mass is 522 g/mol. The van der Waals surface area contributed by atoms with E-state index in [1.807, 2.05) is 48.5 Å². The standard InChI is InChI=1S/C37H31OP/c1-26-24-27(2)35(28(3)25-26)39(38)36(31-20-12-6-13-21-31)33(29-16-8-4-9-17-29)34(30-18-10-5-11-19-30)37(39)32-22-14-7-15-23-32/h4-25H,1-3H3. The van der Waals surface area contributed by atoms with E-state index >= 15 is 4.57 Å². The third-order valence-corrected chi connectivity index (χ3v) is 11.1. The molecule has 0 aromatic heterocycles. The van der Waals surface area contributed by atoms with E-state index in [1.165, 1.54) is 5.56 Å². The second-order valence-corrected chi connectivity index (χ2v) is 12.8. The van der Waals surface area contributed by atoms with E-state index in [0.717, 1.165) is 60.5 Å². The zero-order valence-electron chi connectivity index (χ0n) is 22.6. The lowest BCUT2D eigenvalue weighted by molar-refractivity contribution is 0.593. The first-order valence-electron chi connectivity index (χ1n) is 13.4. The summed E-state index contributed by atoms with van der Waals surface area (Å²) in [6.07, 6.45) is 0. The Kier molecular flexibility index (Phi) is 6.55. The Labute approximate surface area is 231 Å². The Morgan fingerprint density at radius 1 is 0.436 bits per heavy atom. The fraction of sp³-hybridized carbons (Fsp3) is 0.0811. The Balaban J connectivity index is 1.87. The summed E-state index contributed by atoms with van der Waals surface area (Å²) in [6.45, 7) is 6.34. The maximum absolute atomic E-state index is 16.5. The molecular weight excluding hydrogens is 491 g/mol. The summed E-state index contributed by atoms with van der Waals surface area (Å²) in [6, 6.07) is 46.0. The van der Waals surface area contributed by atoms with Crippen LogP contribution in [0, 0.1) is 20.8 Å². The van der Waals surface area contributed by atoms with Crippen LogP contribution >= 0.6 is 7.14 Å². The van der Waals surface area contributed by atoms with Crippen molar-refractivity contribution in [1.29, 1.82) is 0 Å². The van der Waals surface area contributed by atoms with Gasteiger partial charge in [-0.1, -0.05) is 139 Å². The molecule has 0 aliphatic carbocycles. The van der Waals surface area contributed by atoms with Gasteiger partial charge in [0, 0.05) is 27.1 Å². The summed E-state index contributed by atoms with van der Waals surface area (Å²) in [5.74, 6) is 0. The maximum Gasteiger partial charge on any atom is 0.173 e. The molecule has 190 valence electrons. The maximum atomic E-state index is 16.5. The number of allylic oxidation sites excluding steroid dienone is 2. The van der Waals surface area contributed by atoms with Gasteiger partial charge in [0.1, 0.15) is 0 Å². The molecule has 1 nitrogen and oxygen atoms in total. The van der Waals surface area contributed by atoms with E-state index < -0.39 is 7.14 Å². The predicted molar refractivity (Wildman–Crippen MR) is 167 cm³/mol. The van der Waals surface area contributed by atoms with E-state index in [2.05, 4.69) is 106 Å². The molecule has 0 radical (unpaired) electrons. The molecule has 2 heteroatoms. The molecule has 0 atom stereocenters. The zero-order valence-corrected chi connectivity index (χ0v) is 23.5. The molecule has 5 aromatic rings. The lowest BCUT2D eigenvalue weighted by Gasteiger charge is -2.26. The summed E-state index contributed by atoms with van der Waals surface area (Å²) in [4.78, 5) is 0. The molecule has 0 bridgehead atoms. The minimum absolute atomic E-state index is 0.919. The normalized spacial score (nSPS) is 14.6. The SMILES string of the molecule is Cc1cc(C)c(P2(=O)C(c3ccccc3)=C(c3ccccc3)C(c3ccccc3)=C2c2ccccc2)c(C)c1. The highest BCUT2D eigenvalue weighted by Crippen LogP contribution is 2.77. The summed E-state index contributed by atoms with van der Waals surface area (Å²) in [5, 5.41) is 2.79. The van der Waals surface area contributed by atoms with Crippen molar-refractivity contribution in [3.8, 4) is 0 Å². The molecule has 1 aliphatic heterocycles. The lowest BCUT2D eigenvalue weighted by Crippen LogP contribution is -2.15. The molecule has 1 aliphatic rings. The highest BCUT2D eigenvalue weighted by Gasteiger charge is 2.47. The number of benzene rings is 5. The first-order valence-corrected chi connectivity index (χ1v) is 15.1. The average Bonchev–Trinajstić information content (AvgIpc) is 3.23. The van der Waals surface area contributed by atoms with Crippen LogP contribution in [0.2, 0.25) is 0 Å². The number of hydrogen-bond donors (Lipinski definition) is 0. The number of hydrogen-bond acceptors (Lipinski definition) is 1. The molecule has 39 heavy (non-hydrogen) atoms. The molecule has 0 saturated heterocycles. The van der Waals surface area contributed by atoms with Gasteiger partial charge in [-0.15, -0.1) is 0 Å². The van der Waals surface area contributed by atoms with Gasteiger partial charge in [-0.3, -0.25) is 0 Å². The third-order valence-electron chi connectivity index (χ3n) is 7.52. The molecule has 5 aromatic carbocycles. The van der Waals surface area contributed by atoms with Crippen LogP contribution in [0.15, 0.2) is 133 Å². The van der Waals surface area contributed by atoms with Crippen LogP contribution in [0.25, 0.3) is 21.8 Å². The predicted octanol–water partition coefficient (Wildman–Crippen LogP) is 9.75. The van der Waals surface area contributed by atoms with Crippen molar-refractivity contribution in [3.05, 3.63) is 172 Å². The summed E-state index contributed by atoms with van der Waals surface area (Å²) in [5.41, 5.74) is 9.56. The minimum Gasteiger partial charge on any atom is -0.309 e. The van der Waals surface area contributed by atoms with Gasteiger partial charge in [0.2, 0.25) is 0 Å². The smallest absolute Gasteiger partial charge is 0.173 e. The van der Waals surface area contributed by atoms with Crippen LogP contribution in [0.5, 0.6) is 0 Å². The van der Waals surface area contributed by atoms with E-state index in [4.69, 9.17) is 0 Å². The van der Waals surface area contributed by atoms with Gasteiger partial charge in [-0.2, -0.15) is 0 Å². The first-order chi connectivity index (χ1) is 19.0. The summed E-state index contributed by atoms with van der Waals surface area (Å²) >= 11 is 0. The molecular formula is C37H31OP. The second kappa shape index (κ2) is 10.2. The van der Waals surface area contributed by atoms with Gasteiger partial charge in [0.05, 0.1) is 0 Å². The summed E-state index contributed by atoms with van der Waals surface area (Å²) < 4.78 is 16.5. The van der Waals surface area contributed by atoms with E-state index in [0.29, 0.717) is 0 Å². The van der Waals surface area contributed by atoms with Gasteiger partial charge in [-0.25, -0.2) is 0 Å². The molecule has 0 saturated carbocycles. The van der Waals surface area contributed by atoms with E-state index in [1.54, 1.807) is 0 Å². The third kappa shape index (κ3) is 4.24. The van der Waals surface area contributed by atoms with Crippen molar-refractivity contribution in [2.24, 2.45) is 0 Å². The summed E-state index contributed by atoms with van der Waals surface area (Å²) in [7, 11) is -3.37. The van der Waals surface area contributed by atoms with Gasteiger partial charge in [0.15, 0.2) is 7.14 Å². The van der Waals surface area contributed by atoms with Crippen LogP contribution in [0.1, 0.15) is 38.9 Å². The molecule has 0 unspecified atom stereocenters. The fourth-order valence-corrected chi connectivity index (χ4v) is 10.1.